The number of non-ortho nitro benzene ring substituents is 1. The highest BCUT2D eigenvalue weighted by Gasteiger charge is 2.17. The van der Waals surface area contributed by atoms with E-state index in [1.54, 1.807) is 0 Å². The van der Waals surface area contributed by atoms with Crippen LogP contribution in [0.15, 0.2) is 24.3 Å². The molecule has 1 aromatic rings. The van der Waals surface area contributed by atoms with Crippen molar-refractivity contribution in [2.24, 2.45) is 0 Å². The smallest absolute Gasteiger partial charge is 0.325 e. The average Bonchev–Trinajstić information content (AvgIpc) is 2.47. The van der Waals surface area contributed by atoms with Gasteiger partial charge in [-0.05, 0) is 12.0 Å². The molecule has 0 radical (unpaired) electrons. The van der Waals surface area contributed by atoms with Gasteiger partial charge in [-0.1, -0.05) is 19.1 Å². The van der Waals surface area contributed by atoms with Crippen LogP contribution in [0.2, 0.25) is 0 Å². The third-order valence-corrected chi connectivity index (χ3v) is 2.90. The van der Waals surface area contributed by atoms with Gasteiger partial charge in [0, 0.05) is 18.7 Å². The molecule has 0 spiro atoms. The number of esters is 1. The summed E-state index contributed by atoms with van der Waals surface area (Å²) < 4.78 is 4.56. The second-order valence-corrected chi connectivity index (χ2v) is 4.49. The molecule has 0 bridgehead atoms. The lowest BCUT2D eigenvalue weighted by molar-refractivity contribution is -0.384. The lowest BCUT2D eigenvalue weighted by Crippen LogP contribution is -2.37. The third kappa shape index (κ3) is 5.21. The van der Waals surface area contributed by atoms with Crippen molar-refractivity contribution in [2.45, 2.75) is 19.8 Å². The number of amides is 1. The Morgan fingerprint density at radius 1 is 1.29 bits per heavy atom. The summed E-state index contributed by atoms with van der Waals surface area (Å²) in [6.45, 7) is 2.28. The van der Waals surface area contributed by atoms with E-state index in [1.807, 2.05) is 6.92 Å². The Hall–Kier alpha value is -2.44. The number of hydrogen-bond acceptors (Lipinski definition) is 5. The number of rotatable bonds is 7. The number of nitro groups is 1. The Morgan fingerprint density at radius 3 is 2.38 bits per heavy atom. The molecule has 0 aliphatic heterocycles. The van der Waals surface area contributed by atoms with Gasteiger partial charge in [0.05, 0.1) is 18.5 Å². The van der Waals surface area contributed by atoms with Gasteiger partial charge in [0.25, 0.3) is 5.69 Å². The Balaban J connectivity index is 2.71. The first-order valence-electron chi connectivity index (χ1n) is 6.55. The monoisotopic (exact) mass is 294 g/mol. The molecule has 1 amide bonds. The first kappa shape index (κ1) is 16.6. The summed E-state index contributed by atoms with van der Waals surface area (Å²) in [7, 11) is 1.27. The number of nitro benzene ring substituents is 1. The predicted octanol–water partition coefficient (Wildman–Crippen LogP) is 1.55. The molecule has 7 heteroatoms. The molecular weight excluding hydrogens is 276 g/mol. The number of nitrogens with zero attached hydrogens (tertiary/aromatic N) is 2. The minimum absolute atomic E-state index is 0.0221. The Labute approximate surface area is 122 Å². The zero-order valence-corrected chi connectivity index (χ0v) is 12.1. The van der Waals surface area contributed by atoms with Gasteiger partial charge in [0.15, 0.2) is 0 Å². The van der Waals surface area contributed by atoms with E-state index in [0.717, 1.165) is 6.42 Å². The van der Waals surface area contributed by atoms with Crippen LogP contribution in [0.3, 0.4) is 0 Å². The fraction of sp³-hybridized carbons (Fsp3) is 0.429. The van der Waals surface area contributed by atoms with Crippen molar-refractivity contribution in [1.82, 2.24) is 4.90 Å². The van der Waals surface area contributed by atoms with Gasteiger partial charge in [-0.15, -0.1) is 0 Å². The van der Waals surface area contributed by atoms with Crippen molar-refractivity contribution >= 4 is 17.6 Å². The molecule has 0 N–H and O–H groups in total. The molecule has 0 aliphatic rings. The fourth-order valence-corrected chi connectivity index (χ4v) is 1.80. The third-order valence-electron chi connectivity index (χ3n) is 2.90. The van der Waals surface area contributed by atoms with Crippen LogP contribution in [0.5, 0.6) is 0 Å². The van der Waals surface area contributed by atoms with Crippen LogP contribution in [0, 0.1) is 10.1 Å². The summed E-state index contributed by atoms with van der Waals surface area (Å²) in [5.41, 5.74) is 0.641. The second-order valence-electron chi connectivity index (χ2n) is 4.49. The summed E-state index contributed by atoms with van der Waals surface area (Å²) in [5, 5.41) is 10.6. The van der Waals surface area contributed by atoms with Crippen LogP contribution in [0.4, 0.5) is 5.69 Å². The number of benzene rings is 1. The van der Waals surface area contributed by atoms with Crippen molar-refractivity contribution in [3.63, 3.8) is 0 Å². The first-order chi connectivity index (χ1) is 9.97. The SMILES string of the molecule is CCCN(CC(=O)OC)C(=O)Cc1ccc([N+](=O)[O-])cc1. The topological polar surface area (TPSA) is 89.8 Å². The molecule has 0 saturated heterocycles. The largest absolute Gasteiger partial charge is 0.468 e. The molecule has 0 fully saturated rings. The molecule has 7 nitrogen and oxygen atoms in total. The van der Waals surface area contributed by atoms with Crippen molar-refractivity contribution in [2.75, 3.05) is 20.2 Å². The molecule has 0 saturated carbocycles. The van der Waals surface area contributed by atoms with Gasteiger partial charge in [-0.2, -0.15) is 0 Å². The Morgan fingerprint density at radius 2 is 1.90 bits per heavy atom. The molecule has 0 atom stereocenters. The number of methoxy groups -OCH3 is 1. The van der Waals surface area contributed by atoms with Gasteiger partial charge >= 0.3 is 5.97 Å². The van der Waals surface area contributed by atoms with Crippen molar-refractivity contribution < 1.29 is 19.2 Å². The highest BCUT2D eigenvalue weighted by Crippen LogP contribution is 2.13. The van der Waals surface area contributed by atoms with Crippen molar-refractivity contribution in [3.05, 3.63) is 39.9 Å². The van der Waals surface area contributed by atoms with E-state index in [0.29, 0.717) is 12.1 Å². The molecule has 0 aliphatic carbocycles. The zero-order valence-electron chi connectivity index (χ0n) is 12.1. The lowest BCUT2D eigenvalue weighted by Gasteiger charge is -2.20. The van der Waals surface area contributed by atoms with Crippen molar-refractivity contribution in [3.8, 4) is 0 Å². The van der Waals surface area contributed by atoms with Crippen LogP contribution >= 0.6 is 0 Å². The van der Waals surface area contributed by atoms with E-state index < -0.39 is 10.9 Å². The molecule has 0 unspecified atom stereocenters. The summed E-state index contributed by atoms with van der Waals surface area (Å²) in [6, 6.07) is 5.79. The molecule has 1 aromatic carbocycles. The van der Waals surface area contributed by atoms with Crippen LogP contribution in [0.25, 0.3) is 0 Å². The summed E-state index contributed by atoms with van der Waals surface area (Å²) >= 11 is 0. The lowest BCUT2D eigenvalue weighted by atomic mass is 10.1. The standard InChI is InChI=1S/C14H18N2O5/c1-3-8-15(10-14(18)21-2)13(17)9-11-4-6-12(7-5-11)16(19)20/h4-7H,3,8-10H2,1-2H3. The van der Waals surface area contributed by atoms with Crippen LogP contribution in [-0.4, -0.2) is 41.9 Å². The van der Waals surface area contributed by atoms with E-state index in [9.17, 15) is 19.7 Å². The van der Waals surface area contributed by atoms with E-state index >= 15 is 0 Å². The molecule has 0 aromatic heterocycles. The van der Waals surface area contributed by atoms with Crippen LogP contribution in [-0.2, 0) is 20.7 Å². The maximum absolute atomic E-state index is 12.2. The number of carbonyl (C=O) groups is 2. The second kappa shape index (κ2) is 7.98. The number of carbonyl (C=O) groups excluding carboxylic acids is 2. The summed E-state index contributed by atoms with van der Waals surface area (Å²) in [5.74, 6) is -0.684. The van der Waals surface area contributed by atoms with Gasteiger partial charge in [0.2, 0.25) is 5.91 Å². The Bertz CT molecular complexity index is 513. The number of hydrogen-bond donors (Lipinski definition) is 0. The van der Waals surface area contributed by atoms with Gasteiger partial charge in [0.1, 0.15) is 6.54 Å². The van der Waals surface area contributed by atoms with Gasteiger partial charge < -0.3 is 9.64 Å². The van der Waals surface area contributed by atoms with E-state index in [4.69, 9.17) is 0 Å². The van der Waals surface area contributed by atoms with E-state index in [-0.39, 0.29) is 24.6 Å². The maximum atomic E-state index is 12.2. The van der Waals surface area contributed by atoms with Gasteiger partial charge in [-0.3, -0.25) is 19.7 Å². The summed E-state index contributed by atoms with van der Waals surface area (Å²) in [4.78, 5) is 34.9. The molecule has 21 heavy (non-hydrogen) atoms. The average molecular weight is 294 g/mol. The van der Waals surface area contributed by atoms with Crippen LogP contribution in [0.1, 0.15) is 18.9 Å². The highest BCUT2D eigenvalue weighted by atomic mass is 16.6. The fourth-order valence-electron chi connectivity index (χ4n) is 1.80. The Kier molecular flexibility index (Phi) is 6.32. The minimum atomic E-state index is -0.494. The normalized spacial score (nSPS) is 10.0. The molecular formula is C14H18N2O5. The van der Waals surface area contributed by atoms with E-state index in [2.05, 4.69) is 4.74 Å². The number of ether oxygens (including phenoxy) is 1. The molecule has 114 valence electrons. The molecule has 0 heterocycles. The zero-order chi connectivity index (χ0) is 15.8. The molecule has 1 rings (SSSR count). The van der Waals surface area contributed by atoms with Crippen LogP contribution < -0.4 is 0 Å². The highest BCUT2D eigenvalue weighted by molar-refractivity contribution is 5.83. The quantitative estimate of drug-likeness (QED) is 0.432. The minimum Gasteiger partial charge on any atom is -0.468 e. The maximum Gasteiger partial charge on any atom is 0.325 e. The van der Waals surface area contributed by atoms with E-state index in [1.165, 1.54) is 36.3 Å². The van der Waals surface area contributed by atoms with Gasteiger partial charge in [-0.25, -0.2) is 0 Å². The summed E-state index contributed by atoms with van der Waals surface area (Å²) in [6.07, 6.45) is 0.817. The first-order valence-corrected chi connectivity index (χ1v) is 6.55. The van der Waals surface area contributed by atoms with Crippen molar-refractivity contribution in [1.29, 1.82) is 0 Å². The predicted molar refractivity (Wildman–Crippen MR) is 75.7 cm³/mol.